The standard InChI is InChI=1S/C17H20N2O3S/c1-10-3-4-13(7-11(10)2)19-9-12(8-15(19)20)16(21)18-14-5-6-23-17(14)22/h3-4,7,12,14H,5-6,8-9H2,1-2H3,(H,18,21)/t12-,14+/m1/s1. The minimum absolute atomic E-state index is 0.0219. The maximum absolute atomic E-state index is 12.3. The Bertz CT molecular complexity index is 674. The Balaban J connectivity index is 1.68. The molecule has 0 aliphatic carbocycles. The van der Waals surface area contributed by atoms with Crippen LogP contribution in [0.25, 0.3) is 0 Å². The van der Waals surface area contributed by atoms with Gasteiger partial charge in [0.05, 0.1) is 12.0 Å². The molecule has 2 aliphatic heterocycles. The van der Waals surface area contributed by atoms with E-state index in [1.54, 1.807) is 4.90 Å². The van der Waals surface area contributed by atoms with Crippen molar-refractivity contribution in [1.29, 1.82) is 0 Å². The van der Waals surface area contributed by atoms with E-state index in [9.17, 15) is 14.4 Å². The second-order valence-electron chi connectivity index (χ2n) is 6.19. The highest BCUT2D eigenvalue weighted by atomic mass is 32.2. The molecule has 2 saturated heterocycles. The van der Waals surface area contributed by atoms with Crippen molar-refractivity contribution in [3.8, 4) is 0 Å². The molecule has 0 radical (unpaired) electrons. The van der Waals surface area contributed by atoms with Gasteiger partial charge in [-0.15, -0.1) is 0 Å². The average Bonchev–Trinajstić information content (AvgIpc) is 3.09. The smallest absolute Gasteiger partial charge is 0.227 e. The van der Waals surface area contributed by atoms with Gasteiger partial charge in [0.2, 0.25) is 16.9 Å². The van der Waals surface area contributed by atoms with Gasteiger partial charge in [-0.05, 0) is 43.5 Å². The normalized spacial score (nSPS) is 24.3. The topological polar surface area (TPSA) is 66.5 Å². The van der Waals surface area contributed by atoms with E-state index in [0.717, 1.165) is 17.0 Å². The highest BCUT2D eigenvalue weighted by molar-refractivity contribution is 8.14. The first-order valence-corrected chi connectivity index (χ1v) is 8.79. The number of hydrogen-bond donors (Lipinski definition) is 1. The van der Waals surface area contributed by atoms with Crippen molar-refractivity contribution in [2.75, 3.05) is 17.2 Å². The van der Waals surface area contributed by atoms with Crippen LogP contribution >= 0.6 is 11.8 Å². The Morgan fingerprint density at radius 3 is 2.70 bits per heavy atom. The molecule has 5 nitrogen and oxygen atoms in total. The predicted molar refractivity (Wildman–Crippen MR) is 90.4 cm³/mol. The fourth-order valence-electron chi connectivity index (χ4n) is 2.94. The molecular weight excluding hydrogens is 312 g/mol. The molecule has 1 aromatic carbocycles. The molecule has 6 heteroatoms. The lowest BCUT2D eigenvalue weighted by Crippen LogP contribution is -2.41. The number of nitrogens with zero attached hydrogens (tertiary/aromatic N) is 1. The van der Waals surface area contributed by atoms with Gasteiger partial charge in [-0.3, -0.25) is 14.4 Å². The number of benzene rings is 1. The van der Waals surface area contributed by atoms with Crippen molar-refractivity contribution >= 4 is 34.4 Å². The molecule has 0 spiro atoms. The minimum Gasteiger partial charge on any atom is -0.345 e. The second kappa shape index (κ2) is 6.35. The number of aryl methyl sites for hydroxylation is 2. The van der Waals surface area contributed by atoms with Gasteiger partial charge < -0.3 is 10.2 Å². The Morgan fingerprint density at radius 1 is 1.26 bits per heavy atom. The summed E-state index contributed by atoms with van der Waals surface area (Å²) in [6.45, 7) is 4.41. The summed E-state index contributed by atoms with van der Waals surface area (Å²) in [5.41, 5.74) is 3.13. The number of thioether (sulfide) groups is 1. The van der Waals surface area contributed by atoms with Crippen LogP contribution in [-0.2, 0) is 14.4 Å². The zero-order valence-corrected chi connectivity index (χ0v) is 14.1. The van der Waals surface area contributed by atoms with Gasteiger partial charge in [-0.2, -0.15) is 0 Å². The third kappa shape index (κ3) is 3.27. The molecule has 0 bridgehead atoms. The summed E-state index contributed by atoms with van der Waals surface area (Å²) in [7, 11) is 0. The maximum atomic E-state index is 12.3. The summed E-state index contributed by atoms with van der Waals surface area (Å²) in [5.74, 6) is 0.135. The van der Waals surface area contributed by atoms with E-state index in [-0.39, 0.29) is 29.3 Å². The van der Waals surface area contributed by atoms with Crippen LogP contribution in [-0.4, -0.2) is 35.3 Å². The van der Waals surface area contributed by atoms with Gasteiger partial charge in [0, 0.05) is 24.4 Å². The summed E-state index contributed by atoms with van der Waals surface area (Å²) >= 11 is 1.26. The SMILES string of the molecule is Cc1ccc(N2C[C@H](C(=O)N[C@H]3CCSC3=O)CC2=O)cc1C. The lowest BCUT2D eigenvalue weighted by Gasteiger charge is -2.18. The summed E-state index contributed by atoms with van der Waals surface area (Å²) in [6.07, 6.45) is 0.879. The number of carbonyl (C=O) groups excluding carboxylic acids is 3. The van der Waals surface area contributed by atoms with E-state index < -0.39 is 6.04 Å². The number of hydrogen-bond acceptors (Lipinski definition) is 4. The van der Waals surface area contributed by atoms with Crippen molar-refractivity contribution in [3.05, 3.63) is 29.3 Å². The zero-order chi connectivity index (χ0) is 16.6. The quantitative estimate of drug-likeness (QED) is 0.917. The third-order valence-corrected chi connectivity index (χ3v) is 5.56. The molecule has 2 aliphatic rings. The number of rotatable bonds is 3. The first-order chi connectivity index (χ1) is 11.0. The van der Waals surface area contributed by atoms with Gasteiger partial charge in [0.15, 0.2) is 0 Å². The summed E-state index contributed by atoms with van der Waals surface area (Å²) in [6, 6.07) is 5.49. The zero-order valence-electron chi connectivity index (χ0n) is 13.3. The number of carbonyl (C=O) groups is 3. The molecule has 122 valence electrons. The van der Waals surface area contributed by atoms with Crippen molar-refractivity contribution in [2.24, 2.45) is 5.92 Å². The van der Waals surface area contributed by atoms with Crippen LogP contribution in [0.1, 0.15) is 24.0 Å². The predicted octanol–water partition coefficient (Wildman–Crippen LogP) is 1.80. The highest BCUT2D eigenvalue weighted by Crippen LogP contribution is 2.27. The second-order valence-corrected chi connectivity index (χ2v) is 7.29. The maximum Gasteiger partial charge on any atom is 0.227 e. The van der Waals surface area contributed by atoms with E-state index in [1.807, 2.05) is 32.0 Å². The van der Waals surface area contributed by atoms with Crippen LogP contribution in [0.15, 0.2) is 18.2 Å². The monoisotopic (exact) mass is 332 g/mol. The van der Waals surface area contributed by atoms with E-state index in [4.69, 9.17) is 0 Å². The van der Waals surface area contributed by atoms with Crippen LogP contribution in [0.4, 0.5) is 5.69 Å². The third-order valence-electron chi connectivity index (χ3n) is 4.55. The molecule has 2 fully saturated rings. The van der Waals surface area contributed by atoms with Gasteiger partial charge in [0.25, 0.3) is 0 Å². The molecule has 1 aromatic rings. The largest absolute Gasteiger partial charge is 0.345 e. The number of nitrogens with one attached hydrogen (secondary N) is 1. The average molecular weight is 332 g/mol. The minimum atomic E-state index is -0.390. The van der Waals surface area contributed by atoms with Crippen molar-refractivity contribution in [1.82, 2.24) is 5.32 Å². The molecule has 0 saturated carbocycles. The van der Waals surface area contributed by atoms with Crippen molar-refractivity contribution in [3.63, 3.8) is 0 Å². The molecule has 0 unspecified atom stereocenters. The molecule has 2 atom stereocenters. The van der Waals surface area contributed by atoms with Gasteiger partial charge in [0.1, 0.15) is 0 Å². The van der Waals surface area contributed by atoms with Gasteiger partial charge in [-0.25, -0.2) is 0 Å². The van der Waals surface area contributed by atoms with Crippen molar-refractivity contribution in [2.45, 2.75) is 32.7 Å². The Labute approximate surface area is 139 Å². The van der Waals surface area contributed by atoms with Crippen molar-refractivity contribution < 1.29 is 14.4 Å². The van der Waals surface area contributed by atoms with Crippen LogP contribution in [0, 0.1) is 19.8 Å². The van der Waals surface area contributed by atoms with Gasteiger partial charge in [-0.1, -0.05) is 17.8 Å². The van der Waals surface area contributed by atoms with Crippen LogP contribution in [0.3, 0.4) is 0 Å². The molecule has 0 aromatic heterocycles. The molecular formula is C17H20N2O3S. The van der Waals surface area contributed by atoms with E-state index in [1.165, 1.54) is 17.3 Å². The van der Waals surface area contributed by atoms with Gasteiger partial charge >= 0.3 is 0 Å². The first kappa shape index (κ1) is 16.1. The Hall–Kier alpha value is -1.82. The van der Waals surface area contributed by atoms with E-state index in [0.29, 0.717) is 13.0 Å². The molecule has 3 rings (SSSR count). The Kier molecular flexibility index (Phi) is 4.43. The fraction of sp³-hybridized carbons (Fsp3) is 0.471. The summed E-state index contributed by atoms with van der Waals surface area (Å²) in [4.78, 5) is 37.9. The summed E-state index contributed by atoms with van der Waals surface area (Å²) < 4.78 is 0. The Morgan fingerprint density at radius 2 is 2.04 bits per heavy atom. The lowest BCUT2D eigenvalue weighted by atomic mass is 10.1. The summed E-state index contributed by atoms with van der Waals surface area (Å²) in [5, 5.41) is 2.82. The molecule has 2 heterocycles. The molecule has 2 amide bonds. The highest BCUT2D eigenvalue weighted by Gasteiger charge is 2.37. The molecule has 1 N–H and O–H groups in total. The van der Waals surface area contributed by atoms with E-state index in [2.05, 4.69) is 5.32 Å². The van der Waals surface area contributed by atoms with Crippen LogP contribution in [0.5, 0.6) is 0 Å². The van der Waals surface area contributed by atoms with Crippen LogP contribution in [0.2, 0.25) is 0 Å². The van der Waals surface area contributed by atoms with E-state index >= 15 is 0 Å². The van der Waals surface area contributed by atoms with Crippen LogP contribution < -0.4 is 10.2 Å². The fourth-order valence-corrected chi connectivity index (χ4v) is 3.88. The number of anilines is 1. The molecule has 23 heavy (non-hydrogen) atoms. The lowest BCUT2D eigenvalue weighted by molar-refractivity contribution is -0.128. The number of amides is 2. The first-order valence-electron chi connectivity index (χ1n) is 7.80.